The van der Waals surface area contributed by atoms with Crippen molar-refractivity contribution in [1.82, 2.24) is 15.0 Å². The van der Waals surface area contributed by atoms with Crippen molar-refractivity contribution in [2.75, 3.05) is 0 Å². The molecule has 0 fully saturated rings. The Morgan fingerprint density at radius 2 is 0.909 bits per heavy atom. The number of pyridine rings is 3. The Bertz CT molecular complexity index is 841. The summed E-state index contributed by atoms with van der Waals surface area (Å²) in [5.41, 5.74) is 4.09. The molecule has 0 saturated carbocycles. The van der Waals surface area contributed by atoms with Crippen LogP contribution in [0.3, 0.4) is 0 Å². The van der Waals surface area contributed by atoms with Gasteiger partial charge in [-0.05, 0) is 36.4 Å². The van der Waals surface area contributed by atoms with Gasteiger partial charge in [-0.3, -0.25) is 0 Å². The minimum absolute atomic E-state index is 0.581. The van der Waals surface area contributed by atoms with E-state index in [-0.39, 0.29) is 0 Å². The molecular formula is C19H11N3. The summed E-state index contributed by atoms with van der Waals surface area (Å²) in [7, 11) is 0. The first-order chi connectivity index (χ1) is 10.8. The van der Waals surface area contributed by atoms with Crippen molar-refractivity contribution in [3.63, 3.8) is 0 Å². The van der Waals surface area contributed by atoms with E-state index in [2.05, 4.69) is 26.8 Å². The van der Waals surface area contributed by atoms with E-state index >= 15 is 0 Å². The standard InChI is InChI=1S/C19H11N3/c1-3-14-8-5-10-16(20-14)18-12-7-13-19(22-18)17-11-6-9-15(4-2)21-17/h1-2,5-13H. The maximum absolute atomic E-state index is 5.39. The van der Waals surface area contributed by atoms with Crippen LogP contribution < -0.4 is 0 Å². The second-order valence-corrected chi connectivity index (χ2v) is 4.51. The van der Waals surface area contributed by atoms with Gasteiger partial charge < -0.3 is 0 Å². The Balaban J connectivity index is 2.06. The van der Waals surface area contributed by atoms with Gasteiger partial charge in [0.15, 0.2) is 0 Å². The molecular weight excluding hydrogens is 270 g/mol. The zero-order chi connectivity index (χ0) is 15.4. The molecule has 0 aromatic carbocycles. The highest BCUT2D eigenvalue weighted by Crippen LogP contribution is 2.20. The third-order valence-electron chi connectivity index (χ3n) is 3.07. The Morgan fingerprint density at radius 1 is 0.545 bits per heavy atom. The fourth-order valence-corrected chi connectivity index (χ4v) is 2.04. The van der Waals surface area contributed by atoms with Crippen LogP contribution in [0.2, 0.25) is 0 Å². The lowest BCUT2D eigenvalue weighted by Crippen LogP contribution is -1.94. The largest absolute Gasteiger partial charge is 0.245 e. The first kappa shape index (κ1) is 13.5. The number of terminal acetylenes is 2. The molecule has 0 aliphatic rings. The van der Waals surface area contributed by atoms with Crippen molar-refractivity contribution in [3.8, 4) is 47.5 Å². The maximum Gasteiger partial charge on any atom is 0.113 e. The molecule has 3 aromatic rings. The molecule has 0 spiro atoms. The average molecular weight is 281 g/mol. The van der Waals surface area contributed by atoms with E-state index < -0.39 is 0 Å². The minimum atomic E-state index is 0.581. The van der Waals surface area contributed by atoms with Gasteiger partial charge in [-0.1, -0.05) is 30.0 Å². The van der Waals surface area contributed by atoms with Gasteiger partial charge >= 0.3 is 0 Å². The highest BCUT2D eigenvalue weighted by molar-refractivity contribution is 5.62. The van der Waals surface area contributed by atoms with Crippen molar-refractivity contribution in [2.24, 2.45) is 0 Å². The number of aromatic nitrogens is 3. The van der Waals surface area contributed by atoms with Crippen molar-refractivity contribution in [1.29, 1.82) is 0 Å². The summed E-state index contributed by atoms with van der Waals surface area (Å²) in [4.78, 5) is 13.4. The molecule has 3 aromatic heterocycles. The van der Waals surface area contributed by atoms with Gasteiger partial charge in [0.2, 0.25) is 0 Å². The van der Waals surface area contributed by atoms with Crippen molar-refractivity contribution < 1.29 is 0 Å². The first-order valence-electron chi connectivity index (χ1n) is 6.65. The molecule has 3 heteroatoms. The lowest BCUT2D eigenvalue weighted by atomic mass is 10.2. The van der Waals surface area contributed by atoms with Crippen LogP contribution in [0.5, 0.6) is 0 Å². The monoisotopic (exact) mass is 281 g/mol. The molecule has 3 nitrogen and oxygen atoms in total. The lowest BCUT2D eigenvalue weighted by molar-refractivity contribution is 1.20. The molecule has 0 unspecified atom stereocenters. The fraction of sp³-hybridized carbons (Fsp3) is 0. The third-order valence-corrected chi connectivity index (χ3v) is 3.07. The maximum atomic E-state index is 5.39. The Labute approximate surface area is 129 Å². The summed E-state index contributed by atoms with van der Waals surface area (Å²) in [5.74, 6) is 5.05. The van der Waals surface area contributed by atoms with Gasteiger partial charge in [0.1, 0.15) is 11.4 Å². The van der Waals surface area contributed by atoms with Crippen LogP contribution in [-0.2, 0) is 0 Å². The molecule has 0 amide bonds. The normalized spacial score (nSPS) is 9.73. The Morgan fingerprint density at radius 3 is 1.32 bits per heavy atom. The molecule has 102 valence electrons. The molecule has 3 rings (SSSR count). The van der Waals surface area contributed by atoms with Crippen molar-refractivity contribution in [3.05, 3.63) is 66.0 Å². The van der Waals surface area contributed by atoms with E-state index in [9.17, 15) is 0 Å². The first-order valence-corrected chi connectivity index (χ1v) is 6.65. The summed E-state index contributed by atoms with van der Waals surface area (Å²) in [6.07, 6.45) is 10.8. The third kappa shape index (κ3) is 2.70. The van der Waals surface area contributed by atoms with Gasteiger partial charge in [-0.25, -0.2) is 15.0 Å². The van der Waals surface area contributed by atoms with Crippen LogP contribution in [0.1, 0.15) is 11.4 Å². The van der Waals surface area contributed by atoms with Crippen LogP contribution in [0.25, 0.3) is 22.8 Å². The molecule has 0 bridgehead atoms. The van der Waals surface area contributed by atoms with E-state index in [0.717, 1.165) is 22.8 Å². The number of nitrogens with zero attached hydrogens (tertiary/aromatic N) is 3. The van der Waals surface area contributed by atoms with Gasteiger partial charge in [0.05, 0.1) is 22.8 Å². The van der Waals surface area contributed by atoms with Crippen LogP contribution >= 0.6 is 0 Å². The quantitative estimate of drug-likeness (QED) is 0.677. The summed E-state index contributed by atoms with van der Waals surface area (Å²) >= 11 is 0. The fourth-order valence-electron chi connectivity index (χ4n) is 2.04. The van der Waals surface area contributed by atoms with Crippen molar-refractivity contribution >= 4 is 0 Å². The second-order valence-electron chi connectivity index (χ2n) is 4.51. The zero-order valence-electron chi connectivity index (χ0n) is 11.7. The molecule has 0 aliphatic heterocycles. The van der Waals surface area contributed by atoms with Crippen LogP contribution in [-0.4, -0.2) is 15.0 Å². The van der Waals surface area contributed by atoms with Crippen LogP contribution in [0, 0.1) is 24.7 Å². The van der Waals surface area contributed by atoms with E-state index in [1.165, 1.54) is 0 Å². The smallest absolute Gasteiger partial charge is 0.113 e. The molecule has 0 atom stereocenters. The summed E-state index contributed by atoms with van der Waals surface area (Å²) < 4.78 is 0. The molecule has 0 aliphatic carbocycles. The van der Waals surface area contributed by atoms with Crippen molar-refractivity contribution in [2.45, 2.75) is 0 Å². The average Bonchev–Trinajstić information content (AvgIpc) is 2.62. The van der Waals surface area contributed by atoms with E-state index in [1.54, 1.807) is 12.1 Å². The topological polar surface area (TPSA) is 38.7 Å². The molecule has 0 N–H and O–H groups in total. The summed E-state index contributed by atoms with van der Waals surface area (Å²) in [6.45, 7) is 0. The zero-order valence-corrected chi connectivity index (χ0v) is 11.7. The summed E-state index contributed by atoms with van der Waals surface area (Å²) in [6, 6.07) is 16.7. The Kier molecular flexibility index (Phi) is 3.64. The lowest BCUT2D eigenvalue weighted by Gasteiger charge is -2.05. The highest BCUT2D eigenvalue weighted by Gasteiger charge is 2.06. The minimum Gasteiger partial charge on any atom is -0.245 e. The number of hydrogen-bond donors (Lipinski definition) is 0. The summed E-state index contributed by atoms with van der Waals surface area (Å²) in [5, 5.41) is 0. The van der Waals surface area contributed by atoms with Crippen LogP contribution in [0.15, 0.2) is 54.6 Å². The van der Waals surface area contributed by atoms with Gasteiger partial charge in [0.25, 0.3) is 0 Å². The Hall–Kier alpha value is -3.43. The van der Waals surface area contributed by atoms with Gasteiger partial charge in [0, 0.05) is 0 Å². The van der Waals surface area contributed by atoms with Crippen LogP contribution in [0.4, 0.5) is 0 Å². The van der Waals surface area contributed by atoms with E-state index in [4.69, 9.17) is 12.8 Å². The highest BCUT2D eigenvalue weighted by atomic mass is 14.8. The number of hydrogen-bond acceptors (Lipinski definition) is 3. The predicted molar refractivity (Wildman–Crippen MR) is 86.6 cm³/mol. The van der Waals surface area contributed by atoms with Gasteiger partial charge in [-0.2, -0.15) is 0 Å². The second kappa shape index (κ2) is 5.91. The number of rotatable bonds is 2. The van der Waals surface area contributed by atoms with E-state index in [0.29, 0.717) is 11.4 Å². The molecule has 3 heterocycles. The SMILES string of the molecule is C#Cc1cccc(-c2cccc(-c3cccc(C#C)n3)n2)n1. The van der Waals surface area contributed by atoms with E-state index in [1.807, 2.05) is 42.5 Å². The molecule has 0 saturated heterocycles. The molecule has 0 radical (unpaired) electrons. The predicted octanol–water partition coefficient (Wildman–Crippen LogP) is 3.17. The molecule has 22 heavy (non-hydrogen) atoms. The van der Waals surface area contributed by atoms with Gasteiger partial charge in [-0.15, -0.1) is 12.8 Å².